The molecule has 0 saturated carbocycles. The Hall–Kier alpha value is -1.56. The third-order valence-corrected chi connectivity index (χ3v) is 1.30. The van der Waals surface area contributed by atoms with Crippen LogP contribution in [0.4, 0.5) is 4.79 Å². The molecule has 0 heterocycles. The van der Waals surface area contributed by atoms with Crippen LogP contribution in [-0.4, -0.2) is 11.8 Å². The number of allylic oxidation sites excluding steroid dienone is 2. The molecular weight excluding hydrogens is 166 g/mol. The summed E-state index contributed by atoms with van der Waals surface area (Å²) in [6, 6.07) is 0. The number of carbonyl (C=O) groups is 1. The van der Waals surface area contributed by atoms with Crippen molar-refractivity contribution in [2.45, 2.75) is 27.7 Å². The van der Waals surface area contributed by atoms with Gasteiger partial charge in [-0.3, -0.25) is 0 Å². The maximum atomic E-state index is 11.0. The molecule has 0 aliphatic heterocycles. The summed E-state index contributed by atoms with van der Waals surface area (Å²) in [5.74, 6) is 2.79. The topological polar surface area (TPSA) is 38.7 Å². The molecule has 13 heavy (non-hydrogen) atoms. The average Bonchev–Trinajstić information content (AvgIpc) is 2.01. The van der Waals surface area contributed by atoms with Crippen molar-refractivity contribution in [1.29, 1.82) is 0 Å². The summed E-state index contributed by atoms with van der Waals surface area (Å²) in [4.78, 5) is 14.6. The summed E-state index contributed by atoms with van der Waals surface area (Å²) >= 11 is 0. The van der Waals surface area contributed by atoms with Crippen LogP contribution in [0.25, 0.3) is 0 Å². The standard InChI is InChI=1S/C10H13NO2/c1-6-8(4)9(5)13-10(12)11-7(2)3/h1H,2-5H3/b9-8-. The number of rotatable bonds is 1. The molecule has 0 aromatic heterocycles. The molecule has 70 valence electrons. The van der Waals surface area contributed by atoms with E-state index in [0.29, 0.717) is 17.0 Å². The fourth-order valence-corrected chi connectivity index (χ4v) is 0.515. The second-order valence-corrected chi connectivity index (χ2v) is 2.75. The smallest absolute Gasteiger partial charge is 0.413 e. The Kier molecular flexibility index (Phi) is 4.53. The van der Waals surface area contributed by atoms with Gasteiger partial charge in [-0.1, -0.05) is 5.92 Å². The molecule has 0 spiro atoms. The first-order chi connectivity index (χ1) is 5.97. The van der Waals surface area contributed by atoms with Crippen LogP contribution in [0.15, 0.2) is 16.3 Å². The van der Waals surface area contributed by atoms with Gasteiger partial charge in [-0.15, -0.1) is 6.42 Å². The van der Waals surface area contributed by atoms with Gasteiger partial charge in [0, 0.05) is 11.3 Å². The molecule has 0 aliphatic rings. The summed E-state index contributed by atoms with van der Waals surface area (Å²) in [5, 5.41) is 0. The van der Waals surface area contributed by atoms with Gasteiger partial charge in [-0.2, -0.15) is 4.99 Å². The molecule has 0 N–H and O–H groups in total. The van der Waals surface area contributed by atoms with Gasteiger partial charge in [0.05, 0.1) is 0 Å². The van der Waals surface area contributed by atoms with Crippen LogP contribution in [-0.2, 0) is 4.74 Å². The molecular formula is C10H13NO2. The highest BCUT2D eigenvalue weighted by Crippen LogP contribution is 2.04. The third kappa shape index (κ3) is 4.81. The monoisotopic (exact) mass is 179 g/mol. The van der Waals surface area contributed by atoms with E-state index in [1.807, 2.05) is 0 Å². The van der Waals surface area contributed by atoms with Crippen molar-refractivity contribution in [3.05, 3.63) is 11.3 Å². The molecule has 0 aromatic carbocycles. The fraction of sp³-hybridized carbons (Fsp3) is 0.400. The lowest BCUT2D eigenvalue weighted by atomic mass is 10.3. The van der Waals surface area contributed by atoms with E-state index in [1.54, 1.807) is 27.7 Å². The Balaban J connectivity index is 4.42. The van der Waals surface area contributed by atoms with Crippen LogP contribution in [0.2, 0.25) is 0 Å². The first-order valence-electron chi connectivity index (χ1n) is 3.85. The van der Waals surface area contributed by atoms with Crippen molar-refractivity contribution in [3.8, 4) is 12.3 Å². The Morgan fingerprint density at radius 3 is 2.23 bits per heavy atom. The minimum absolute atomic E-state index is 0.414. The van der Waals surface area contributed by atoms with E-state index < -0.39 is 6.09 Å². The van der Waals surface area contributed by atoms with Crippen molar-refractivity contribution >= 4 is 11.8 Å². The molecule has 0 atom stereocenters. The Morgan fingerprint density at radius 1 is 1.31 bits per heavy atom. The normalized spacial score (nSPS) is 11.0. The van der Waals surface area contributed by atoms with Crippen molar-refractivity contribution in [3.63, 3.8) is 0 Å². The van der Waals surface area contributed by atoms with E-state index >= 15 is 0 Å². The number of ether oxygens (including phenoxy) is 1. The lowest BCUT2D eigenvalue weighted by molar-refractivity contribution is 0.187. The first-order valence-corrected chi connectivity index (χ1v) is 3.85. The second kappa shape index (κ2) is 5.15. The van der Waals surface area contributed by atoms with E-state index in [0.717, 1.165) is 0 Å². The number of terminal acetylenes is 1. The first kappa shape index (κ1) is 11.4. The van der Waals surface area contributed by atoms with Gasteiger partial charge in [-0.25, -0.2) is 4.79 Å². The van der Waals surface area contributed by atoms with Gasteiger partial charge >= 0.3 is 6.09 Å². The lowest BCUT2D eigenvalue weighted by Gasteiger charge is -2.01. The SMILES string of the molecule is C#C/C(C)=C(/C)OC(=O)N=C(C)C. The van der Waals surface area contributed by atoms with E-state index in [2.05, 4.69) is 10.9 Å². The Labute approximate surface area is 78.5 Å². The molecule has 0 fully saturated rings. The van der Waals surface area contributed by atoms with E-state index in [-0.39, 0.29) is 0 Å². The molecule has 0 saturated heterocycles. The van der Waals surface area contributed by atoms with Crippen LogP contribution in [0.3, 0.4) is 0 Å². The number of hydrogen-bond acceptors (Lipinski definition) is 2. The van der Waals surface area contributed by atoms with Crippen molar-refractivity contribution in [1.82, 2.24) is 0 Å². The highest BCUT2D eigenvalue weighted by Gasteiger charge is 2.02. The zero-order valence-electron chi connectivity index (χ0n) is 8.34. The van der Waals surface area contributed by atoms with E-state index in [9.17, 15) is 4.79 Å². The molecule has 0 radical (unpaired) electrons. The zero-order chi connectivity index (χ0) is 10.4. The highest BCUT2D eigenvalue weighted by atomic mass is 16.6. The Bertz CT molecular complexity index is 301. The fourth-order valence-electron chi connectivity index (χ4n) is 0.515. The minimum atomic E-state index is -0.632. The summed E-state index contributed by atoms with van der Waals surface area (Å²) in [7, 11) is 0. The third-order valence-electron chi connectivity index (χ3n) is 1.30. The molecule has 0 rings (SSSR count). The maximum absolute atomic E-state index is 11.0. The summed E-state index contributed by atoms with van der Waals surface area (Å²) < 4.78 is 4.82. The van der Waals surface area contributed by atoms with Crippen LogP contribution in [0, 0.1) is 12.3 Å². The minimum Gasteiger partial charge on any atom is -0.413 e. The van der Waals surface area contributed by atoms with Gasteiger partial charge in [-0.05, 0) is 27.7 Å². The lowest BCUT2D eigenvalue weighted by Crippen LogP contribution is -2.00. The van der Waals surface area contributed by atoms with Crippen molar-refractivity contribution < 1.29 is 9.53 Å². The van der Waals surface area contributed by atoms with Gasteiger partial charge in [0.25, 0.3) is 0 Å². The highest BCUT2D eigenvalue weighted by molar-refractivity contribution is 5.90. The van der Waals surface area contributed by atoms with E-state index in [4.69, 9.17) is 11.2 Å². The van der Waals surface area contributed by atoms with Crippen LogP contribution in [0.1, 0.15) is 27.7 Å². The second-order valence-electron chi connectivity index (χ2n) is 2.75. The molecule has 1 amide bonds. The predicted octanol–water partition coefficient (Wildman–Crippen LogP) is 2.53. The van der Waals surface area contributed by atoms with Gasteiger partial charge < -0.3 is 4.74 Å². The quantitative estimate of drug-likeness (QED) is 0.352. The summed E-state index contributed by atoms with van der Waals surface area (Å²) in [6.45, 7) is 6.77. The summed E-state index contributed by atoms with van der Waals surface area (Å²) in [6.07, 6.45) is 4.48. The van der Waals surface area contributed by atoms with Gasteiger partial charge in [0.1, 0.15) is 5.76 Å². The number of hydrogen-bond donors (Lipinski definition) is 0. The molecule has 0 aliphatic carbocycles. The van der Waals surface area contributed by atoms with E-state index in [1.165, 1.54) is 0 Å². The maximum Gasteiger partial charge on any atom is 0.438 e. The molecule has 0 aromatic rings. The zero-order valence-corrected chi connectivity index (χ0v) is 8.34. The van der Waals surface area contributed by atoms with Crippen molar-refractivity contribution in [2.24, 2.45) is 4.99 Å². The number of amides is 1. The van der Waals surface area contributed by atoms with Crippen LogP contribution >= 0.6 is 0 Å². The van der Waals surface area contributed by atoms with Crippen molar-refractivity contribution in [2.75, 3.05) is 0 Å². The number of aliphatic imine (C=N–C) groups is 1. The predicted molar refractivity (Wildman–Crippen MR) is 52.5 cm³/mol. The van der Waals surface area contributed by atoms with Crippen LogP contribution < -0.4 is 0 Å². The summed E-state index contributed by atoms with van der Waals surface area (Å²) in [5.41, 5.74) is 1.24. The number of carbonyl (C=O) groups excluding carboxylic acids is 1. The molecule has 0 bridgehead atoms. The van der Waals surface area contributed by atoms with Gasteiger partial charge in [0.15, 0.2) is 0 Å². The number of nitrogens with zero attached hydrogens (tertiary/aromatic N) is 1. The largest absolute Gasteiger partial charge is 0.438 e. The van der Waals surface area contributed by atoms with Crippen LogP contribution in [0.5, 0.6) is 0 Å². The average molecular weight is 179 g/mol. The molecule has 3 nitrogen and oxygen atoms in total. The van der Waals surface area contributed by atoms with Gasteiger partial charge in [0.2, 0.25) is 0 Å². The Morgan fingerprint density at radius 2 is 1.85 bits per heavy atom. The molecule has 3 heteroatoms. The molecule has 0 unspecified atom stereocenters.